The van der Waals surface area contributed by atoms with Crippen molar-refractivity contribution in [2.75, 3.05) is 13.1 Å². The van der Waals surface area contributed by atoms with Crippen LogP contribution < -0.4 is 5.32 Å². The molecule has 1 aliphatic heterocycles. The van der Waals surface area contributed by atoms with Crippen molar-refractivity contribution in [1.29, 1.82) is 0 Å². The summed E-state index contributed by atoms with van der Waals surface area (Å²) < 4.78 is 0. The van der Waals surface area contributed by atoms with Gasteiger partial charge in [0.25, 0.3) is 0 Å². The molecular weight excluding hydrogens is 218 g/mol. The molecule has 1 heterocycles. The minimum atomic E-state index is 0.787. The van der Waals surface area contributed by atoms with Crippen LogP contribution in [-0.4, -0.2) is 13.1 Å². The molecule has 100 valence electrons. The second-order valence-electron chi connectivity index (χ2n) is 5.82. The number of aryl methyl sites for hydroxylation is 1. The minimum absolute atomic E-state index is 0.787. The highest BCUT2D eigenvalue weighted by Gasteiger charge is 2.15. The van der Waals surface area contributed by atoms with E-state index in [1.54, 1.807) is 5.56 Å². The van der Waals surface area contributed by atoms with Crippen LogP contribution in [0, 0.1) is 5.92 Å². The van der Waals surface area contributed by atoms with Gasteiger partial charge in [0.2, 0.25) is 0 Å². The quantitative estimate of drug-likeness (QED) is 0.822. The minimum Gasteiger partial charge on any atom is -0.317 e. The number of hydrogen-bond acceptors (Lipinski definition) is 1. The van der Waals surface area contributed by atoms with Gasteiger partial charge in [-0.05, 0) is 61.7 Å². The molecule has 1 aliphatic rings. The van der Waals surface area contributed by atoms with Crippen LogP contribution in [0.25, 0.3) is 0 Å². The highest BCUT2D eigenvalue weighted by molar-refractivity contribution is 5.27. The summed E-state index contributed by atoms with van der Waals surface area (Å²) in [5, 5.41) is 3.45. The lowest BCUT2D eigenvalue weighted by Gasteiger charge is -2.23. The average molecular weight is 245 g/mol. The first-order chi connectivity index (χ1) is 8.79. The number of nitrogens with one attached hydrogen (secondary N) is 1. The van der Waals surface area contributed by atoms with Crippen molar-refractivity contribution in [3.63, 3.8) is 0 Å². The standard InChI is InChI=1S/C17H27N/c1-3-14(2)7-8-15-5-4-6-17(13-15)16-9-11-18-12-10-16/h4-6,13-14,16,18H,3,7-12H2,1-2H3. The SMILES string of the molecule is CCC(C)CCc1cccc(C2CCNCC2)c1. The Morgan fingerprint density at radius 2 is 2.06 bits per heavy atom. The van der Waals surface area contributed by atoms with E-state index in [1.807, 2.05) is 0 Å². The zero-order valence-electron chi connectivity index (χ0n) is 11.9. The molecule has 1 aromatic rings. The molecule has 1 unspecified atom stereocenters. The molecule has 0 amide bonds. The van der Waals surface area contributed by atoms with E-state index in [2.05, 4.69) is 43.4 Å². The predicted molar refractivity (Wildman–Crippen MR) is 79.1 cm³/mol. The molecule has 1 fully saturated rings. The topological polar surface area (TPSA) is 12.0 Å². The Bertz CT molecular complexity index is 352. The summed E-state index contributed by atoms with van der Waals surface area (Å²) in [5.74, 6) is 1.64. The van der Waals surface area contributed by atoms with Gasteiger partial charge in [0, 0.05) is 0 Å². The van der Waals surface area contributed by atoms with Crippen LogP contribution in [0.5, 0.6) is 0 Å². The number of rotatable bonds is 5. The van der Waals surface area contributed by atoms with Crippen LogP contribution in [-0.2, 0) is 6.42 Å². The van der Waals surface area contributed by atoms with E-state index in [1.165, 1.54) is 50.8 Å². The van der Waals surface area contributed by atoms with Crippen molar-refractivity contribution in [2.45, 2.75) is 51.9 Å². The highest BCUT2D eigenvalue weighted by atomic mass is 14.9. The van der Waals surface area contributed by atoms with E-state index in [4.69, 9.17) is 0 Å². The lowest BCUT2D eigenvalue weighted by atomic mass is 9.88. The molecule has 0 aliphatic carbocycles. The average Bonchev–Trinajstić information content (AvgIpc) is 2.46. The van der Waals surface area contributed by atoms with Crippen LogP contribution in [0.2, 0.25) is 0 Å². The van der Waals surface area contributed by atoms with Gasteiger partial charge in [-0.3, -0.25) is 0 Å². The first-order valence-corrected chi connectivity index (χ1v) is 7.59. The summed E-state index contributed by atoms with van der Waals surface area (Å²) in [6.45, 7) is 7.01. The highest BCUT2D eigenvalue weighted by Crippen LogP contribution is 2.26. The molecule has 0 spiro atoms. The maximum atomic E-state index is 3.45. The fourth-order valence-corrected chi connectivity index (χ4v) is 2.78. The van der Waals surface area contributed by atoms with Crippen molar-refractivity contribution in [1.82, 2.24) is 5.32 Å². The van der Waals surface area contributed by atoms with Crippen LogP contribution in [0.15, 0.2) is 24.3 Å². The predicted octanol–water partition coefficient (Wildman–Crippen LogP) is 4.13. The summed E-state index contributed by atoms with van der Waals surface area (Å²) in [4.78, 5) is 0. The van der Waals surface area contributed by atoms with E-state index >= 15 is 0 Å². The van der Waals surface area contributed by atoms with Crippen LogP contribution in [0.3, 0.4) is 0 Å². The lowest BCUT2D eigenvalue weighted by molar-refractivity contribution is 0.460. The van der Waals surface area contributed by atoms with Gasteiger partial charge >= 0.3 is 0 Å². The van der Waals surface area contributed by atoms with E-state index in [0.29, 0.717) is 0 Å². The molecule has 0 bridgehead atoms. The van der Waals surface area contributed by atoms with Gasteiger partial charge in [0.05, 0.1) is 0 Å². The van der Waals surface area contributed by atoms with Crippen molar-refractivity contribution in [2.24, 2.45) is 5.92 Å². The van der Waals surface area contributed by atoms with Gasteiger partial charge in [-0.25, -0.2) is 0 Å². The normalized spacial score (nSPS) is 18.8. The van der Waals surface area contributed by atoms with Crippen LogP contribution >= 0.6 is 0 Å². The maximum Gasteiger partial charge on any atom is -0.00431 e. The van der Waals surface area contributed by atoms with Crippen LogP contribution in [0.4, 0.5) is 0 Å². The zero-order chi connectivity index (χ0) is 12.8. The Balaban J connectivity index is 1.96. The second kappa shape index (κ2) is 6.94. The van der Waals surface area contributed by atoms with Gasteiger partial charge < -0.3 is 5.32 Å². The number of hydrogen-bond donors (Lipinski definition) is 1. The molecular formula is C17H27N. The van der Waals surface area contributed by atoms with E-state index in [0.717, 1.165) is 11.8 Å². The zero-order valence-corrected chi connectivity index (χ0v) is 11.9. The molecule has 2 rings (SSSR count). The molecule has 0 saturated carbocycles. The Kier molecular flexibility index (Phi) is 5.25. The van der Waals surface area contributed by atoms with Gasteiger partial charge in [-0.1, -0.05) is 44.5 Å². The van der Waals surface area contributed by atoms with Crippen molar-refractivity contribution >= 4 is 0 Å². The van der Waals surface area contributed by atoms with Gasteiger partial charge in [-0.2, -0.15) is 0 Å². The van der Waals surface area contributed by atoms with Gasteiger partial charge in [0.15, 0.2) is 0 Å². The molecule has 1 N–H and O–H groups in total. The Labute approximate surface area is 112 Å². The first kappa shape index (κ1) is 13.6. The maximum absolute atomic E-state index is 3.45. The van der Waals surface area contributed by atoms with Crippen molar-refractivity contribution < 1.29 is 0 Å². The fourth-order valence-electron chi connectivity index (χ4n) is 2.78. The summed E-state index contributed by atoms with van der Waals surface area (Å²) in [7, 11) is 0. The Morgan fingerprint density at radius 3 is 2.78 bits per heavy atom. The van der Waals surface area contributed by atoms with E-state index in [-0.39, 0.29) is 0 Å². The summed E-state index contributed by atoms with van der Waals surface area (Å²) in [6.07, 6.45) is 6.47. The third kappa shape index (κ3) is 3.84. The molecule has 18 heavy (non-hydrogen) atoms. The van der Waals surface area contributed by atoms with E-state index in [9.17, 15) is 0 Å². The largest absolute Gasteiger partial charge is 0.317 e. The summed E-state index contributed by atoms with van der Waals surface area (Å²) in [6, 6.07) is 9.33. The van der Waals surface area contributed by atoms with Crippen molar-refractivity contribution in [3.05, 3.63) is 35.4 Å². The van der Waals surface area contributed by atoms with Crippen molar-refractivity contribution in [3.8, 4) is 0 Å². The van der Waals surface area contributed by atoms with Gasteiger partial charge in [0.1, 0.15) is 0 Å². The molecule has 0 aromatic heterocycles. The van der Waals surface area contributed by atoms with Gasteiger partial charge in [-0.15, -0.1) is 0 Å². The molecule has 1 saturated heterocycles. The first-order valence-electron chi connectivity index (χ1n) is 7.59. The molecule has 1 atom stereocenters. The Morgan fingerprint density at radius 1 is 1.28 bits per heavy atom. The smallest absolute Gasteiger partial charge is 0.00431 e. The third-order valence-corrected chi connectivity index (χ3v) is 4.38. The number of piperidine rings is 1. The third-order valence-electron chi connectivity index (χ3n) is 4.38. The molecule has 1 nitrogen and oxygen atoms in total. The molecule has 1 aromatic carbocycles. The summed E-state index contributed by atoms with van der Waals surface area (Å²) >= 11 is 0. The fraction of sp³-hybridized carbons (Fsp3) is 0.647. The second-order valence-corrected chi connectivity index (χ2v) is 5.82. The van der Waals surface area contributed by atoms with Crippen LogP contribution in [0.1, 0.15) is 56.6 Å². The van der Waals surface area contributed by atoms with E-state index < -0.39 is 0 Å². The monoisotopic (exact) mass is 245 g/mol. The summed E-state index contributed by atoms with van der Waals surface area (Å²) in [5.41, 5.74) is 3.10. The molecule has 0 radical (unpaired) electrons. The lowest BCUT2D eigenvalue weighted by Crippen LogP contribution is -2.26. The number of benzene rings is 1. The Hall–Kier alpha value is -0.820. The molecule has 1 heteroatoms.